The number of hydrogen-bond acceptors (Lipinski definition) is 5. The zero-order valence-electron chi connectivity index (χ0n) is 10.7. The van der Waals surface area contributed by atoms with Crippen molar-refractivity contribution in [3.8, 4) is 0 Å². The number of nitrogens with zero attached hydrogens (tertiary/aromatic N) is 3. The molecule has 0 bridgehead atoms. The van der Waals surface area contributed by atoms with Crippen LogP contribution in [0, 0.1) is 0 Å². The molecule has 1 fully saturated rings. The summed E-state index contributed by atoms with van der Waals surface area (Å²) < 4.78 is 0. The molecule has 1 aromatic heterocycles. The van der Waals surface area contributed by atoms with Crippen molar-refractivity contribution in [1.29, 1.82) is 0 Å². The summed E-state index contributed by atoms with van der Waals surface area (Å²) in [6, 6.07) is 5.14. The molecule has 0 radical (unpaired) electrons. The highest BCUT2D eigenvalue weighted by atomic mass is 15.3. The quantitative estimate of drug-likeness (QED) is 0.589. The van der Waals surface area contributed by atoms with Gasteiger partial charge in [0.2, 0.25) is 0 Å². The molecule has 2 unspecified atom stereocenters. The Morgan fingerprint density at radius 1 is 1.35 bits per heavy atom. The van der Waals surface area contributed by atoms with Gasteiger partial charge in [0, 0.05) is 43.1 Å². The largest absolute Gasteiger partial charge is 0.368 e. The van der Waals surface area contributed by atoms with Crippen LogP contribution < -0.4 is 16.2 Å². The van der Waals surface area contributed by atoms with E-state index < -0.39 is 0 Å². The number of aromatic nitrogens is 1. The van der Waals surface area contributed by atoms with Gasteiger partial charge in [-0.25, -0.2) is 10.8 Å². The number of nitrogens with one attached hydrogen (secondary N) is 1. The SMILES string of the molecule is CC1CN(c2ccnc(NN)c2)CC(C)N1C. The molecular formula is C12H21N5. The Kier molecular flexibility index (Phi) is 3.49. The van der Waals surface area contributed by atoms with Crippen LogP contribution in [0.1, 0.15) is 13.8 Å². The molecule has 17 heavy (non-hydrogen) atoms. The van der Waals surface area contributed by atoms with Crippen LogP contribution in [0.4, 0.5) is 11.5 Å². The van der Waals surface area contributed by atoms with Crippen LogP contribution >= 0.6 is 0 Å². The topological polar surface area (TPSA) is 57.4 Å². The summed E-state index contributed by atoms with van der Waals surface area (Å²) in [6.45, 7) is 6.58. The van der Waals surface area contributed by atoms with E-state index in [-0.39, 0.29) is 0 Å². The van der Waals surface area contributed by atoms with E-state index >= 15 is 0 Å². The van der Waals surface area contributed by atoms with Gasteiger partial charge in [0.25, 0.3) is 0 Å². The molecule has 1 saturated heterocycles. The maximum Gasteiger partial charge on any atom is 0.141 e. The van der Waals surface area contributed by atoms with Gasteiger partial charge in [0.05, 0.1) is 0 Å². The molecule has 0 saturated carbocycles. The van der Waals surface area contributed by atoms with Gasteiger partial charge in [0.1, 0.15) is 5.82 Å². The number of likely N-dealkylation sites (N-methyl/N-ethyl adjacent to an activating group) is 1. The number of piperazine rings is 1. The van der Waals surface area contributed by atoms with Crippen LogP contribution in [-0.4, -0.2) is 42.1 Å². The van der Waals surface area contributed by atoms with Gasteiger partial charge in [-0.2, -0.15) is 0 Å². The molecule has 0 amide bonds. The Bertz CT molecular complexity index is 369. The molecule has 94 valence electrons. The summed E-state index contributed by atoms with van der Waals surface area (Å²) in [5.41, 5.74) is 3.77. The van der Waals surface area contributed by atoms with Crippen molar-refractivity contribution in [1.82, 2.24) is 9.88 Å². The molecule has 2 atom stereocenters. The molecule has 1 aliphatic heterocycles. The van der Waals surface area contributed by atoms with Crippen LogP contribution in [0.15, 0.2) is 18.3 Å². The molecule has 3 N–H and O–H groups in total. The summed E-state index contributed by atoms with van der Waals surface area (Å²) in [7, 11) is 2.19. The van der Waals surface area contributed by atoms with Crippen molar-refractivity contribution in [2.75, 3.05) is 30.5 Å². The van der Waals surface area contributed by atoms with Crippen molar-refractivity contribution in [2.45, 2.75) is 25.9 Å². The van der Waals surface area contributed by atoms with Gasteiger partial charge < -0.3 is 10.3 Å². The fourth-order valence-corrected chi connectivity index (χ4v) is 2.31. The predicted molar refractivity (Wildman–Crippen MR) is 70.9 cm³/mol. The number of hydrazine groups is 1. The highest BCUT2D eigenvalue weighted by molar-refractivity contribution is 5.54. The first-order chi connectivity index (χ1) is 8.11. The van der Waals surface area contributed by atoms with Crippen LogP contribution in [0.3, 0.4) is 0 Å². The highest BCUT2D eigenvalue weighted by Gasteiger charge is 2.26. The number of hydrogen-bond donors (Lipinski definition) is 2. The first-order valence-corrected chi connectivity index (χ1v) is 6.01. The van der Waals surface area contributed by atoms with Gasteiger partial charge in [0.15, 0.2) is 0 Å². The summed E-state index contributed by atoms with van der Waals surface area (Å²) >= 11 is 0. The molecular weight excluding hydrogens is 214 g/mol. The third kappa shape index (κ3) is 2.50. The number of nitrogen functional groups attached to an aromatic ring is 1. The lowest BCUT2D eigenvalue weighted by atomic mass is 10.1. The lowest BCUT2D eigenvalue weighted by Crippen LogP contribution is -2.55. The van der Waals surface area contributed by atoms with Crippen molar-refractivity contribution in [3.63, 3.8) is 0 Å². The summed E-state index contributed by atoms with van der Waals surface area (Å²) in [4.78, 5) is 8.94. The fourth-order valence-electron chi connectivity index (χ4n) is 2.31. The van der Waals surface area contributed by atoms with Crippen LogP contribution in [0.5, 0.6) is 0 Å². The fraction of sp³-hybridized carbons (Fsp3) is 0.583. The summed E-state index contributed by atoms with van der Waals surface area (Å²) in [5, 5.41) is 0. The van der Waals surface area contributed by atoms with E-state index in [9.17, 15) is 0 Å². The molecule has 2 rings (SSSR count). The Balaban J connectivity index is 2.16. The van der Waals surface area contributed by atoms with Crippen molar-refractivity contribution in [2.24, 2.45) is 5.84 Å². The molecule has 0 aliphatic carbocycles. The minimum atomic E-state index is 0.557. The zero-order valence-corrected chi connectivity index (χ0v) is 10.7. The summed E-state index contributed by atoms with van der Waals surface area (Å²) in [6.07, 6.45) is 1.79. The van der Waals surface area contributed by atoms with Crippen molar-refractivity contribution in [3.05, 3.63) is 18.3 Å². The molecule has 5 nitrogen and oxygen atoms in total. The molecule has 1 aliphatic rings. The lowest BCUT2D eigenvalue weighted by molar-refractivity contribution is 0.170. The van der Waals surface area contributed by atoms with Crippen molar-refractivity contribution >= 4 is 11.5 Å². The van der Waals surface area contributed by atoms with Crippen molar-refractivity contribution < 1.29 is 0 Å². The highest BCUT2D eigenvalue weighted by Crippen LogP contribution is 2.22. The van der Waals surface area contributed by atoms with Crippen LogP contribution in [0.2, 0.25) is 0 Å². The Hall–Kier alpha value is -1.33. The van der Waals surface area contributed by atoms with E-state index in [4.69, 9.17) is 5.84 Å². The van der Waals surface area contributed by atoms with E-state index in [1.165, 1.54) is 5.69 Å². The maximum absolute atomic E-state index is 5.39. The Labute approximate surface area is 103 Å². The molecule has 2 heterocycles. The van der Waals surface area contributed by atoms with Gasteiger partial charge >= 0.3 is 0 Å². The Morgan fingerprint density at radius 3 is 2.59 bits per heavy atom. The molecule has 0 aromatic carbocycles. The van der Waals surface area contributed by atoms with E-state index in [1.807, 2.05) is 12.1 Å². The van der Waals surface area contributed by atoms with Gasteiger partial charge in [-0.3, -0.25) is 4.90 Å². The first kappa shape index (κ1) is 12.1. The van der Waals surface area contributed by atoms with Gasteiger partial charge in [-0.05, 0) is 27.0 Å². The third-order valence-electron chi connectivity index (χ3n) is 3.62. The molecule has 1 aromatic rings. The lowest BCUT2D eigenvalue weighted by Gasteiger charge is -2.43. The van der Waals surface area contributed by atoms with E-state index in [0.29, 0.717) is 17.9 Å². The second-order valence-electron chi connectivity index (χ2n) is 4.81. The zero-order chi connectivity index (χ0) is 12.4. The van der Waals surface area contributed by atoms with E-state index in [2.05, 4.69) is 41.1 Å². The third-order valence-corrected chi connectivity index (χ3v) is 3.62. The van der Waals surface area contributed by atoms with Crippen LogP contribution in [0.25, 0.3) is 0 Å². The average molecular weight is 235 g/mol. The number of nitrogens with two attached hydrogens (primary N) is 1. The Morgan fingerprint density at radius 2 is 2.00 bits per heavy atom. The smallest absolute Gasteiger partial charge is 0.141 e. The predicted octanol–water partition coefficient (Wildman–Crippen LogP) is 0.896. The van der Waals surface area contributed by atoms with E-state index in [1.54, 1.807) is 6.20 Å². The summed E-state index contributed by atoms with van der Waals surface area (Å²) in [5.74, 6) is 6.10. The molecule has 0 spiro atoms. The van der Waals surface area contributed by atoms with Crippen LogP contribution in [-0.2, 0) is 0 Å². The number of pyridine rings is 1. The number of anilines is 2. The minimum Gasteiger partial charge on any atom is -0.368 e. The maximum atomic E-state index is 5.39. The average Bonchev–Trinajstić information content (AvgIpc) is 2.35. The standard InChI is InChI=1S/C12H21N5/c1-9-7-17(8-10(2)16(9)3)11-4-5-14-12(6-11)15-13/h4-6,9-10H,7-8,13H2,1-3H3,(H,14,15). The first-order valence-electron chi connectivity index (χ1n) is 6.01. The second kappa shape index (κ2) is 4.89. The van der Waals surface area contributed by atoms with Gasteiger partial charge in [-0.1, -0.05) is 0 Å². The monoisotopic (exact) mass is 235 g/mol. The minimum absolute atomic E-state index is 0.557. The normalized spacial score (nSPS) is 26.0. The molecule has 5 heteroatoms. The second-order valence-corrected chi connectivity index (χ2v) is 4.81. The van der Waals surface area contributed by atoms with E-state index in [0.717, 1.165) is 13.1 Å². The number of rotatable bonds is 2. The van der Waals surface area contributed by atoms with Gasteiger partial charge in [-0.15, -0.1) is 0 Å².